The number of carbonyl (C=O) groups excluding carboxylic acids is 1. The molecule has 0 unspecified atom stereocenters. The van der Waals surface area contributed by atoms with Crippen LogP contribution in [0.15, 0.2) is 47.4 Å². The Balaban J connectivity index is 2.05. The van der Waals surface area contributed by atoms with Gasteiger partial charge in [-0.25, -0.2) is 13.1 Å². The maximum atomic E-state index is 12.5. The Morgan fingerprint density at radius 2 is 1.77 bits per heavy atom. The van der Waals surface area contributed by atoms with Crippen molar-refractivity contribution < 1.29 is 18.5 Å². The van der Waals surface area contributed by atoms with Gasteiger partial charge in [-0.05, 0) is 43.7 Å². The second kappa shape index (κ2) is 10.7. The normalized spacial score (nSPS) is 12.7. The number of carbonyl (C=O) groups is 1. The fourth-order valence-electron chi connectivity index (χ4n) is 3.51. The van der Waals surface area contributed by atoms with Gasteiger partial charge in [-0.2, -0.15) is 0 Å². The third kappa shape index (κ3) is 6.39. The lowest BCUT2D eigenvalue weighted by Crippen LogP contribution is -2.88. The summed E-state index contributed by atoms with van der Waals surface area (Å²) >= 11 is 0. The van der Waals surface area contributed by atoms with E-state index in [9.17, 15) is 13.2 Å². The zero-order chi connectivity index (χ0) is 22.3. The zero-order valence-electron chi connectivity index (χ0n) is 18.5. The van der Waals surface area contributed by atoms with Crippen LogP contribution < -0.4 is 15.4 Å². The molecule has 30 heavy (non-hydrogen) atoms. The number of anilines is 1. The lowest BCUT2D eigenvalue weighted by Gasteiger charge is -2.20. The van der Waals surface area contributed by atoms with Crippen LogP contribution in [-0.4, -0.2) is 27.9 Å². The van der Waals surface area contributed by atoms with E-state index in [1.54, 1.807) is 19.1 Å². The molecule has 2 aromatic rings. The highest BCUT2D eigenvalue weighted by atomic mass is 32.2. The Kier molecular flexibility index (Phi) is 8.58. The van der Waals surface area contributed by atoms with Gasteiger partial charge in [0.05, 0.1) is 4.90 Å². The second-order valence-corrected chi connectivity index (χ2v) is 9.79. The zero-order valence-corrected chi connectivity index (χ0v) is 19.3. The average molecular weight is 433 g/mol. The van der Waals surface area contributed by atoms with Crippen LogP contribution in [0.2, 0.25) is 0 Å². The van der Waals surface area contributed by atoms with E-state index in [0.29, 0.717) is 17.2 Å². The molecule has 1 atom stereocenters. The molecule has 0 bridgehead atoms. The van der Waals surface area contributed by atoms with E-state index in [4.69, 9.17) is 0 Å². The second-order valence-electron chi connectivity index (χ2n) is 7.94. The van der Waals surface area contributed by atoms with Crippen LogP contribution in [0.1, 0.15) is 49.9 Å². The molecule has 0 heterocycles. The molecule has 1 amide bonds. The number of hydrogen-bond donors (Lipinski definition) is 3. The highest BCUT2D eigenvalue weighted by Crippen LogP contribution is 2.20. The quantitative estimate of drug-likeness (QED) is 0.539. The number of sulfonamides is 1. The molecule has 2 aromatic carbocycles. The summed E-state index contributed by atoms with van der Waals surface area (Å²) in [5.74, 6) is 0.196. The first-order valence-corrected chi connectivity index (χ1v) is 11.9. The maximum absolute atomic E-state index is 12.5. The molecule has 0 fully saturated rings. The van der Waals surface area contributed by atoms with E-state index in [1.165, 1.54) is 24.2 Å². The molecule has 0 saturated heterocycles. The van der Waals surface area contributed by atoms with E-state index in [1.807, 2.05) is 5.32 Å². The van der Waals surface area contributed by atoms with Gasteiger partial charge in [0, 0.05) is 17.2 Å². The van der Waals surface area contributed by atoms with Crippen LogP contribution in [0.5, 0.6) is 0 Å². The molecule has 0 aromatic heterocycles. The number of nitrogens with one attached hydrogen (secondary N) is 2. The molecule has 0 radical (unpaired) electrons. The Labute approximate surface area is 180 Å². The monoisotopic (exact) mass is 432 g/mol. The molecule has 0 aliphatic heterocycles. The fourth-order valence-corrected chi connectivity index (χ4v) is 4.51. The summed E-state index contributed by atoms with van der Waals surface area (Å²) in [4.78, 5) is 12.7. The van der Waals surface area contributed by atoms with Crippen molar-refractivity contribution in [2.75, 3.05) is 18.9 Å². The van der Waals surface area contributed by atoms with Gasteiger partial charge >= 0.3 is 0 Å². The minimum absolute atomic E-state index is 0.166. The molecule has 0 spiro atoms. The van der Waals surface area contributed by atoms with Crippen molar-refractivity contribution in [1.29, 1.82) is 0 Å². The summed E-state index contributed by atoms with van der Waals surface area (Å²) in [5, 5.41) is 4.85. The number of aryl methyl sites for hydroxylation is 2. The van der Waals surface area contributed by atoms with Crippen LogP contribution in [0.25, 0.3) is 0 Å². The number of rotatable bonds is 10. The van der Waals surface area contributed by atoms with Crippen LogP contribution in [0, 0.1) is 12.8 Å². The molecule has 7 heteroatoms. The summed E-state index contributed by atoms with van der Waals surface area (Å²) in [6, 6.07) is 13.7. The Morgan fingerprint density at radius 3 is 2.33 bits per heavy atom. The summed E-state index contributed by atoms with van der Waals surface area (Å²) < 4.78 is 26.6. The fraction of sp³-hybridized carbons (Fsp3) is 0.435. The predicted molar refractivity (Wildman–Crippen MR) is 121 cm³/mol. The molecule has 0 aliphatic rings. The lowest BCUT2D eigenvalue weighted by atomic mass is 9.94. The summed E-state index contributed by atoms with van der Waals surface area (Å²) in [5.41, 5.74) is 3.63. The van der Waals surface area contributed by atoms with Gasteiger partial charge in [-0.15, -0.1) is 0 Å². The van der Waals surface area contributed by atoms with Crippen LogP contribution in [0.4, 0.5) is 5.69 Å². The maximum Gasteiger partial charge on any atom is 0.279 e. The third-order valence-electron chi connectivity index (χ3n) is 5.21. The minimum atomic E-state index is -3.58. The van der Waals surface area contributed by atoms with Gasteiger partial charge in [0.15, 0.2) is 6.54 Å². The molecular formula is C23H34N3O3S+. The summed E-state index contributed by atoms with van der Waals surface area (Å²) in [7, 11) is -2.21. The molecular weight excluding hydrogens is 398 g/mol. The Bertz CT molecular complexity index is 954. The van der Waals surface area contributed by atoms with Gasteiger partial charge in [0.1, 0.15) is 6.04 Å². The molecule has 0 saturated carbocycles. The standard InChI is InChI=1S/C23H33N3O3S/c1-6-7-18-9-11-19(12-10-18)23(16(2)3)25-15-22(27)26-20-13-8-17(4)21(14-20)30(28,29)24-5/h8-14,16,23-25H,6-7,15H2,1-5H3,(H,26,27)/p+1/t23-/m1/s1. The molecule has 164 valence electrons. The van der Waals surface area contributed by atoms with E-state index in [-0.39, 0.29) is 23.4 Å². The first-order valence-electron chi connectivity index (χ1n) is 10.4. The van der Waals surface area contributed by atoms with E-state index >= 15 is 0 Å². The van der Waals surface area contributed by atoms with E-state index < -0.39 is 10.0 Å². The van der Waals surface area contributed by atoms with Crippen molar-refractivity contribution in [3.05, 3.63) is 59.2 Å². The third-order valence-corrected chi connectivity index (χ3v) is 6.77. The molecule has 2 rings (SSSR count). The Morgan fingerprint density at radius 1 is 1.10 bits per heavy atom. The highest BCUT2D eigenvalue weighted by Gasteiger charge is 2.21. The van der Waals surface area contributed by atoms with Crippen molar-refractivity contribution in [2.45, 2.75) is 51.5 Å². The minimum Gasteiger partial charge on any atom is -0.332 e. The van der Waals surface area contributed by atoms with E-state index in [0.717, 1.165) is 12.8 Å². The van der Waals surface area contributed by atoms with E-state index in [2.05, 4.69) is 55.1 Å². The summed E-state index contributed by atoms with van der Waals surface area (Å²) in [6.45, 7) is 8.44. The lowest BCUT2D eigenvalue weighted by molar-refractivity contribution is -0.692. The van der Waals surface area contributed by atoms with Gasteiger partial charge in [-0.1, -0.05) is 57.5 Å². The number of nitrogens with two attached hydrogens (primary N) is 1. The van der Waals surface area contributed by atoms with Gasteiger partial charge in [0.2, 0.25) is 10.0 Å². The smallest absolute Gasteiger partial charge is 0.279 e. The highest BCUT2D eigenvalue weighted by molar-refractivity contribution is 7.89. The largest absolute Gasteiger partial charge is 0.332 e. The molecule has 6 nitrogen and oxygen atoms in total. The number of quaternary nitrogens is 1. The number of amides is 1. The van der Waals surface area contributed by atoms with Crippen molar-refractivity contribution in [3.63, 3.8) is 0 Å². The summed E-state index contributed by atoms with van der Waals surface area (Å²) in [6.07, 6.45) is 2.19. The molecule has 0 aliphatic carbocycles. The SMILES string of the molecule is CCCc1ccc([C@H]([NH2+]CC(=O)Nc2ccc(C)c(S(=O)(=O)NC)c2)C(C)C)cc1. The van der Waals surface area contributed by atoms with Crippen LogP contribution >= 0.6 is 0 Å². The van der Waals surface area contributed by atoms with Crippen LogP contribution in [0.3, 0.4) is 0 Å². The van der Waals surface area contributed by atoms with Gasteiger partial charge in [-0.3, -0.25) is 4.79 Å². The topological polar surface area (TPSA) is 91.9 Å². The Hall–Kier alpha value is -2.22. The molecule has 4 N–H and O–H groups in total. The first kappa shape index (κ1) is 24.1. The number of benzene rings is 2. The average Bonchev–Trinajstić information content (AvgIpc) is 2.70. The van der Waals surface area contributed by atoms with Crippen molar-refractivity contribution >= 4 is 21.6 Å². The van der Waals surface area contributed by atoms with Crippen molar-refractivity contribution in [3.8, 4) is 0 Å². The van der Waals surface area contributed by atoms with Crippen molar-refractivity contribution in [2.24, 2.45) is 5.92 Å². The first-order chi connectivity index (χ1) is 14.2. The van der Waals surface area contributed by atoms with Gasteiger partial charge < -0.3 is 10.6 Å². The van der Waals surface area contributed by atoms with Gasteiger partial charge in [0.25, 0.3) is 5.91 Å². The van der Waals surface area contributed by atoms with Crippen LogP contribution in [-0.2, 0) is 21.2 Å². The van der Waals surface area contributed by atoms with Crippen molar-refractivity contribution in [1.82, 2.24) is 4.72 Å². The predicted octanol–water partition coefficient (Wildman–Crippen LogP) is 2.75. The number of hydrogen-bond acceptors (Lipinski definition) is 3.